The van der Waals surface area contributed by atoms with E-state index in [1.165, 1.54) is 5.56 Å². The summed E-state index contributed by atoms with van der Waals surface area (Å²) in [6.07, 6.45) is 0.998. The Hall–Kier alpha value is -0.910. The molecule has 0 radical (unpaired) electrons. The highest BCUT2D eigenvalue weighted by molar-refractivity contribution is 7.07. The molecule has 1 aliphatic rings. The molecule has 2 rings (SSSR count). The largest absolute Gasteiger partial charge is 0.396 e. The summed E-state index contributed by atoms with van der Waals surface area (Å²) in [5.41, 5.74) is 1.19. The van der Waals surface area contributed by atoms with Gasteiger partial charge in [-0.1, -0.05) is 0 Å². The molecule has 4 nitrogen and oxygen atoms in total. The second kappa shape index (κ2) is 6.31. The highest BCUT2D eigenvalue weighted by Gasteiger charge is 2.24. The maximum atomic E-state index is 12.0. The van der Waals surface area contributed by atoms with Crippen molar-refractivity contribution < 1.29 is 9.90 Å². The first-order chi connectivity index (χ1) is 8.69. The lowest BCUT2D eigenvalue weighted by molar-refractivity contribution is -0.131. The van der Waals surface area contributed by atoms with Crippen LogP contribution >= 0.6 is 11.3 Å². The number of nitrogens with zero attached hydrogens (tertiary/aromatic N) is 2. The Morgan fingerprint density at radius 3 is 3.11 bits per heavy atom. The maximum Gasteiger partial charge on any atom is 0.236 e. The van der Waals surface area contributed by atoms with Crippen LogP contribution in [0.15, 0.2) is 16.8 Å². The van der Waals surface area contributed by atoms with E-state index in [1.54, 1.807) is 16.2 Å². The van der Waals surface area contributed by atoms with Gasteiger partial charge in [0, 0.05) is 26.7 Å². The number of amides is 1. The second-order valence-corrected chi connectivity index (χ2v) is 5.73. The van der Waals surface area contributed by atoms with Crippen LogP contribution < -0.4 is 0 Å². The molecule has 5 heteroatoms. The molecule has 1 saturated heterocycles. The van der Waals surface area contributed by atoms with Gasteiger partial charge in [-0.3, -0.25) is 9.69 Å². The number of likely N-dealkylation sites (tertiary alicyclic amines) is 1. The number of hydrogen-bond acceptors (Lipinski definition) is 4. The molecule has 1 atom stereocenters. The lowest BCUT2D eigenvalue weighted by Gasteiger charge is -2.21. The second-order valence-electron chi connectivity index (χ2n) is 4.95. The van der Waals surface area contributed by atoms with Crippen LogP contribution in [0, 0.1) is 5.92 Å². The van der Waals surface area contributed by atoms with Crippen molar-refractivity contribution >= 4 is 17.2 Å². The highest BCUT2D eigenvalue weighted by atomic mass is 32.1. The summed E-state index contributed by atoms with van der Waals surface area (Å²) >= 11 is 1.65. The number of aliphatic hydroxyl groups excluding tert-OH is 1. The summed E-state index contributed by atoms with van der Waals surface area (Å²) in [6.45, 7) is 3.14. The Kier molecular flexibility index (Phi) is 4.74. The van der Waals surface area contributed by atoms with Crippen LogP contribution in [0.4, 0.5) is 0 Å². The Balaban J connectivity index is 1.77. The van der Waals surface area contributed by atoms with Gasteiger partial charge in [-0.25, -0.2) is 0 Å². The first-order valence-corrected chi connectivity index (χ1v) is 7.21. The van der Waals surface area contributed by atoms with Gasteiger partial charge in [-0.2, -0.15) is 11.3 Å². The van der Waals surface area contributed by atoms with Gasteiger partial charge in [0.1, 0.15) is 0 Å². The Labute approximate surface area is 112 Å². The number of likely N-dealkylation sites (N-methyl/N-ethyl adjacent to an activating group) is 1. The molecule has 0 aliphatic carbocycles. The lowest BCUT2D eigenvalue weighted by Crippen LogP contribution is -2.37. The first kappa shape index (κ1) is 13.5. The summed E-state index contributed by atoms with van der Waals surface area (Å²) in [5, 5.41) is 13.2. The molecular weight excluding hydrogens is 248 g/mol. The van der Waals surface area contributed by atoms with E-state index in [4.69, 9.17) is 5.11 Å². The van der Waals surface area contributed by atoms with E-state index < -0.39 is 0 Å². The minimum Gasteiger partial charge on any atom is -0.396 e. The molecule has 1 fully saturated rings. The molecule has 1 amide bonds. The fourth-order valence-corrected chi connectivity index (χ4v) is 2.92. The molecule has 2 heterocycles. The highest BCUT2D eigenvalue weighted by Crippen LogP contribution is 2.15. The standard InChI is InChI=1S/C13H20N2O2S/c1-14(6-12-3-5-18-10-12)13(17)8-15-4-2-11(7-15)9-16/h3,5,10-11,16H,2,4,6-9H2,1H3. The normalized spacial score (nSPS) is 20.2. The van der Waals surface area contributed by atoms with E-state index in [0.717, 1.165) is 19.5 Å². The van der Waals surface area contributed by atoms with Crippen molar-refractivity contribution in [3.05, 3.63) is 22.4 Å². The molecule has 0 saturated carbocycles. The Morgan fingerprint density at radius 2 is 2.50 bits per heavy atom. The summed E-state index contributed by atoms with van der Waals surface area (Å²) in [6, 6.07) is 2.05. The molecule has 1 unspecified atom stereocenters. The summed E-state index contributed by atoms with van der Waals surface area (Å²) in [4.78, 5) is 15.9. The van der Waals surface area contributed by atoms with Crippen molar-refractivity contribution in [3.63, 3.8) is 0 Å². The van der Waals surface area contributed by atoms with E-state index in [0.29, 0.717) is 19.0 Å². The quantitative estimate of drug-likeness (QED) is 0.867. The number of carbonyl (C=O) groups is 1. The van der Waals surface area contributed by atoms with Crippen LogP contribution in [0.25, 0.3) is 0 Å². The monoisotopic (exact) mass is 268 g/mol. The smallest absolute Gasteiger partial charge is 0.236 e. The molecule has 0 spiro atoms. The Bertz CT molecular complexity index is 380. The van der Waals surface area contributed by atoms with Crippen LogP contribution in [-0.2, 0) is 11.3 Å². The number of rotatable bonds is 5. The summed E-state index contributed by atoms with van der Waals surface area (Å²) in [7, 11) is 1.85. The number of carbonyl (C=O) groups excluding carboxylic acids is 1. The molecule has 0 bridgehead atoms. The minimum atomic E-state index is 0.153. The number of aliphatic hydroxyl groups is 1. The zero-order valence-corrected chi connectivity index (χ0v) is 11.5. The van der Waals surface area contributed by atoms with Gasteiger partial charge in [-0.05, 0) is 41.3 Å². The first-order valence-electron chi connectivity index (χ1n) is 6.27. The van der Waals surface area contributed by atoms with Crippen molar-refractivity contribution in [1.29, 1.82) is 0 Å². The van der Waals surface area contributed by atoms with Gasteiger partial charge < -0.3 is 10.0 Å². The third-order valence-corrected chi connectivity index (χ3v) is 4.14. The van der Waals surface area contributed by atoms with E-state index in [2.05, 4.69) is 10.3 Å². The minimum absolute atomic E-state index is 0.153. The van der Waals surface area contributed by atoms with E-state index in [9.17, 15) is 4.79 Å². The predicted octanol–water partition coefficient (Wildman–Crippen LogP) is 1.02. The zero-order chi connectivity index (χ0) is 13.0. The van der Waals surface area contributed by atoms with Crippen molar-refractivity contribution in [2.24, 2.45) is 5.92 Å². The van der Waals surface area contributed by atoms with Crippen molar-refractivity contribution in [2.75, 3.05) is 33.3 Å². The fourth-order valence-electron chi connectivity index (χ4n) is 2.26. The number of thiophene rings is 1. The molecular formula is C13H20N2O2S. The van der Waals surface area contributed by atoms with Gasteiger partial charge in [0.25, 0.3) is 0 Å². The van der Waals surface area contributed by atoms with Gasteiger partial charge in [0.05, 0.1) is 6.54 Å². The van der Waals surface area contributed by atoms with Gasteiger partial charge >= 0.3 is 0 Å². The van der Waals surface area contributed by atoms with Crippen molar-refractivity contribution in [1.82, 2.24) is 9.80 Å². The molecule has 0 aromatic carbocycles. The topological polar surface area (TPSA) is 43.8 Å². The molecule has 18 heavy (non-hydrogen) atoms. The third-order valence-electron chi connectivity index (χ3n) is 3.41. The van der Waals surface area contributed by atoms with Crippen molar-refractivity contribution in [3.8, 4) is 0 Å². The fraction of sp³-hybridized carbons (Fsp3) is 0.615. The Morgan fingerprint density at radius 1 is 1.67 bits per heavy atom. The van der Waals surface area contributed by atoms with Crippen LogP contribution in [0.2, 0.25) is 0 Å². The van der Waals surface area contributed by atoms with Gasteiger partial charge in [0.2, 0.25) is 5.91 Å². The molecule has 1 N–H and O–H groups in total. The lowest BCUT2D eigenvalue weighted by atomic mass is 10.1. The molecule has 100 valence electrons. The molecule has 1 aliphatic heterocycles. The average Bonchev–Trinajstić information content (AvgIpc) is 3.00. The van der Waals surface area contributed by atoms with E-state index in [1.807, 2.05) is 18.5 Å². The summed E-state index contributed by atoms with van der Waals surface area (Å²) < 4.78 is 0. The van der Waals surface area contributed by atoms with E-state index >= 15 is 0 Å². The van der Waals surface area contributed by atoms with Crippen LogP contribution in [0.1, 0.15) is 12.0 Å². The zero-order valence-electron chi connectivity index (χ0n) is 10.7. The predicted molar refractivity (Wildman–Crippen MR) is 72.4 cm³/mol. The van der Waals surface area contributed by atoms with Crippen molar-refractivity contribution in [2.45, 2.75) is 13.0 Å². The van der Waals surface area contributed by atoms with Gasteiger partial charge in [0.15, 0.2) is 0 Å². The van der Waals surface area contributed by atoms with E-state index in [-0.39, 0.29) is 12.5 Å². The van der Waals surface area contributed by atoms with Gasteiger partial charge in [-0.15, -0.1) is 0 Å². The average molecular weight is 268 g/mol. The third kappa shape index (κ3) is 3.54. The summed E-state index contributed by atoms with van der Waals surface area (Å²) in [5.74, 6) is 0.500. The maximum absolute atomic E-state index is 12.0. The molecule has 1 aromatic heterocycles. The van der Waals surface area contributed by atoms with Crippen LogP contribution in [0.5, 0.6) is 0 Å². The SMILES string of the molecule is CN(Cc1ccsc1)C(=O)CN1CCC(CO)C1. The number of hydrogen-bond donors (Lipinski definition) is 1. The van der Waals surface area contributed by atoms with Crippen LogP contribution in [0.3, 0.4) is 0 Å². The molecule has 1 aromatic rings. The van der Waals surface area contributed by atoms with Crippen LogP contribution in [-0.4, -0.2) is 54.1 Å².